The number of urea groups is 1. The molecule has 4 heteroatoms. The van der Waals surface area contributed by atoms with Gasteiger partial charge in [0.15, 0.2) is 0 Å². The van der Waals surface area contributed by atoms with Gasteiger partial charge in [0, 0.05) is 12.2 Å². The minimum absolute atomic E-state index is 0.181. The van der Waals surface area contributed by atoms with E-state index in [2.05, 4.69) is 11.2 Å². The molecule has 0 atom stereocenters. The van der Waals surface area contributed by atoms with E-state index >= 15 is 0 Å². The predicted octanol–water partition coefficient (Wildman–Crippen LogP) is 2.57. The maximum atomic E-state index is 11.9. The number of carbonyl (C=O) groups is 1. The molecule has 0 fully saturated rings. The molecule has 1 aromatic rings. The first-order chi connectivity index (χ1) is 8.71. The number of nitrogens with one attached hydrogen (secondary N) is 1. The van der Waals surface area contributed by atoms with E-state index in [9.17, 15) is 4.79 Å². The van der Waals surface area contributed by atoms with E-state index in [0.29, 0.717) is 13.1 Å². The second kappa shape index (κ2) is 7.23. The Morgan fingerprint density at radius 2 is 2.11 bits per heavy atom. The van der Waals surface area contributed by atoms with Crippen LogP contribution in [0.5, 0.6) is 5.75 Å². The number of nitrogens with zero attached hydrogens (tertiary/aromatic N) is 1. The summed E-state index contributed by atoms with van der Waals surface area (Å²) in [5, 5.41) is 2.80. The van der Waals surface area contributed by atoms with Gasteiger partial charge in [-0.2, -0.15) is 0 Å². The molecule has 0 spiro atoms. The molecule has 1 N–H and O–H groups in total. The first kappa shape index (κ1) is 13.9. The van der Waals surface area contributed by atoms with Crippen LogP contribution in [0.25, 0.3) is 0 Å². The molecule has 2 amide bonds. The van der Waals surface area contributed by atoms with E-state index in [1.54, 1.807) is 36.3 Å². The normalized spacial score (nSPS) is 9.39. The maximum absolute atomic E-state index is 11.9. The maximum Gasteiger partial charge on any atom is 0.322 e. The second-order valence-electron chi connectivity index (χ2n) is 3.78. The topological polar surface area (TPSA) is 41.6 Å². The monoisotopic (exact) mass is 246 g/mol. The highest BCUT2D eigenvalue weighted by molar-refractivity contribution is 5.89. The summed E-state index contributed by atoms with van der Waals surface area (Å²) < 4.78 is 5.05. The fraction of sp³-hybridized carbons (Fsp3) is 0.357. The fourth-order valence-electron chi connectivity index (χ4n) is 1.51. The van der Waals surface area contributed by atoms with Gasteiger partial charge in [0.2, 0.25) is 0 Å². The Kier molecular flexibility index (Phi) is 5.59. The zero-order valence-electron chi connectivity index (χ0n) is 10.8. The number of methoxy groups -OCH3 is 1. The van der Waals surface area contributed by atoms with Crippen LogP contribution in [0.3, 0.4) is 0 Å². The number of rotatable bonds is 5. The highest BCUT2D eigenvalue weighted by Crippen LogP contribution is 2.15. The van der Waals surface area contributed by atoms with Crippen molar-refractivity contribution in [3.8, 4) is 18.1 Å². The van der Waals surface area contributed by atoms with Crippen LogP contribution in [0.1, 0.15) is 13.3 Å². The molecule has 0 heterocycles. The fourth-order valence-corrected chi connectivity index (χ4v) is 1.51. The molecular weight excluding hydrogens is 228 g/mol. The van der Waals surface area contributed by atoms with Crippen LogP contribution in [-0.4, -0.2) is 31.1 Å². The molecule has 0 aromatic heterocycles. The zero-order chi connectivity index (χ0) is 13.4. The molecule has 4 nitrogen and oxygen atoms in total. The second-order valence-corrected chi connectivity index (χ2v) is 3.78. The van der Waals surface area contributed by atoms with E-state index in [-0.39, 0.29) is 6.03 Å². The van der Waals surface area contributed by atoms with Gasteiger partial charge in [-0.3, -0.25) is 0 Å². The Hall–Kier alpha value is -2.15. The summed E-state index contributed by atoms with van der Waals surface area (Å²) in [6.45, 7) is 2.96. The SMILES string of the molecule is C#CCN(CCC)C(=O)Nc1ccc(OC)cc1. The van der Waals surface area contributed by atoms with E-state index in [1.807, 2.05) is 6.92 Å². The number of anilines is 1. The van der Waals surface area contributed by atoms with Crippen molar-refractivity contribution >= 4 is 11.7 Å². The minimum Gasteiger partial charge on any atom is -0.497 e. The van der Waals surface area contributed by atoms with E-state index < -0.39 is 0 Å². The Bertz CT molecular complexity index is 420. The van der Waals surface area contributed by atoms with Gasteiger partial charge in [0.25, 0.3) is 0 Å². The van der Waals surface area contributed by atoms with Crippen molar-refractivity contribution in [2.24, 2.45) is 0 Å². The summed E-state index contributed by atoms with van der Waals surface area (Å²) in [4.78, 5) is 13.5. The van der Waals surface area contributed by atoms with Crippen LogP contribution in [-0.2, 0) is 0 Å². The molecule has 0 saturated heterocycles. The lowest BCUT2D eigenvalue weighted by Gasteiger charge is -2.20. The summed E-state index contributed by atoms with van der Waals surface area (Å²) in [6, 6.07) is 6.98. The molecule has 0 unspecified atom stereocenters. The molecule has 1 rings (SSSR count). The Balaban J connectivity index is 2.63. The van der Waals surface area contributed by atoms with Crippen molar-refractivity contribution in [1.29, 1.82) is 0 Å². The first-order valence-electron chi connectivity index (χ1n) is 5.84. The highest BCUT2D eigenvalue weighted by atomic mass is 16.5. The number of terminal acetylenes is 1. The summed E-state index contributed by atoms with van der Waals surface area (Å²) >= 11 is 0. The van der Waals surface area contributed by atoms with Crippen LogP contribution >= 0.6 is 0 Å². The van der Waals surface area contributed by atoms with Crippen LogP contribution in [0.4, 0.5) is 10.5 Å². The third-order valence-corrected chi connectivity index (χ3v) is 2.40. The average molecular weight is 246 g/mol. The summed E-state index contributed by atoms with van der Waals surface area (Å²) in [7, 11) is 1.60. The minimum atomic E-state index is -0.181. The van der Waals surface area contributed by atoms with Crippen molar-refractivity contribution in [2.75, 3.05) is 25.5 Å². The Morgan fingerprint density at radius 1 is 1.44 bits per heavy atom. The van der Waals surface area contributed by atoms with Gasteiger partial charge in [0.1, 0.15) is 5.75 Å². The van der Waals surface area contributed by atoms with Gasteiger partial charge in [0.05, 0.1) is 13.7 Å². The lowest BCUT2D eigenvalue weighted by atomic mass is 10.3. The third-order valence-electron chi connectivity index (χ3n) is 2.40. The van der Waals surface area contributed by atoms with Crippen LogP contribution in [0.15, 0.2) is 24.3 Å². The first-order valence-corrected chi connectivity index (χ1v) is 5.84. The zero-order valence-corrected chi connectivity index (χ0v) is 10.8. The summed E-state index contributed by atoms with van der Waals surface area (Å²) in [5.74, 6) is 3.23. The van der Waals surface area contributed by atoms with E-state index in [1.165, 1.54) is 0 Å². The van der Waals surface area contributed by atoms with Gasteiger partial charge in [-0.15, -0.1) is 6.42 Å². The third kappa shape index (κ3) is 4.02. The van der Waals surface area contributed by atoms with E-state index in [4.69, 9.17) is 11.2 Å². The number of carbonyl (C=O) groups excluding carboxylic acids is 1. The molecule has 0 bridgehead atoms. The molecule has 1 aromatic carbocycles. The molecular formula is C14H18N2O2. The lowest BCUT2D eigenvalue weighted by Crippen LogP contribution is -2.35. The standard InChI is InChI=1S/C14H18N2O2/c1-4-10-16(11-5-2)14(17)15-12-6-8-13(18-3)9-7-12/h1,6-9H,5,10-11H2,2-3H3,(H,15,17). The number of amides is 2. The van der Waals surface area contributed by atoms with Gasteiger partial charge < -0.3 is 15.0 Å². The largest absolute Gasteiger partial charge is 0.497 e. The molecule has 96 valence electrons. The quantitative estimate of drug-likeness (QED) is 0.811. The van der Waals surface area contributed by atoms with Gasteiger partial charge in [-0.05, 0) is 30.7 Å². The molecule has 0 radical (unpaired) electrons. The Labute approximate surface area is 108 Å². The smallest absolute Gasteiger partial charge is 0.322 e. The molecule has 0 saturated carbocycles. The van der Waals surface area contributed by atoms with Crippen molar-refractivity contribution < 1.29 is 9.53 Å². The number of hydrogen-bond acceptors (Lipinski definition) is 2. The van der Waals surface area contributed by atoms with Gasteiger partial charge >= 0.3 is 6.03 Å². The molecule has 0 aliphatic carbocycles. The lowest BCUT2D eigenvalue weighted by molar-refractivity contribution is 0.218. The Morgan fingerprint density at radius 3 is 2.61 bits per heavy atom. The summed E-state index contributed by atoms with van der Waals surface area (Å²) in [6.07, 6.45) is 6.11. The molecule has 18 heavy (non-hydrogen) atoms. The van der Waals surface area contributed by atoms with Gasteiger partial charge in [-0.1, -0.05) is 12.8 Å². The molecule has 0 aliphatic heterocycles. The summed E-state index contributed by atoms with van der Waals surface area (Å²) in [5.41, 5.74) is 0.721. The van der Waals surface area contributed by atoms with Crippen LogP contribution < -0.4 is 10.1 Å². The predicted molar refractivity (Wildman–Crippen MR) is 72.7 cm³/mol. The number of hydrogen-bond donors (Lipinski definition) is 1. The number of ether oxygens (including phenoxy) is 1. The van der Waals surface area contributed by atoms with E-state index in [0.717, 1.165) is 17.9 Å². The molecule has 0 aliphatic rings. The van der Waals surface area contributed by atoms with Crippen molar-refractivity contribution in [1.82, 2.24) is 4.90 Å². The van der Waals surface area contributed by atoms with Crippen molar-refractivity contribution in [2.45, 2.75) is 13.3 Å². The number of benzene rings is 1. The van der Waals surface area contributed by atoms with Crippen molar-refractivity contribution in [3.05, 3.63) is 24.3 Å². The average Bonchev–Trinajstić information content (AvgIpc) is 2.39. The highest BCUT2D eigenvalue weighted by Gasteiger charge is 2.11. The van der Waals surface area contributed by atoms with Crippen LogP contribution in [0.2, 0.25) is 0 Å². The van der Waals surface area contributed by atoms with Crippen molar-refractivity contribution in [3.63, 3.8) is 0 Å². The van der Waals surface area contributed by atoms with Gasteiger partial charge in [-0.25, -0.2) is 4.79 Å². The van der Waals surface area contributed by atoms with Crippen LogP contribution in [0, 0.1) is 12.3 Å².